The van der Waals surface area contributed by atoms with E-state index >= 15 is 0 Å². The first-order chi connectivity index (χ1) is 17.4. The van der Waals surface area contributed by atoms with Crippen molar-refractivity contribution in [3.63, 3.8) is 0 Å². The van der Waals surface area contributed by atoms with E-state index in [1.165, 1.54) is 12.0 Å². The topological polar surface area (TPSA) is 47.9 Å². The molecule has 0 amide bonds. The largest absolute Gasteiger partial charge is 0.541 e. The van der Waals surface area contributed by atoms with Gasteiger partial charge in [0.2, 0.25) is 0 Å². The van der Waals surface area contributed by atoms with Crippen molar-refractivity contribution in [1.82, 2.24) is 0 Å². The van der Waals surface area contributed by atoms with E-state index in [1.54, 1.807) is 7.11 Å². The zero-order valence-corrected chi connectivity index (χ0v) is 25.9. The van der Waals surface area contributed by atoms with Crippen LogP contribution in [0.15, 0.2) is 23.8 Å². The lowest BCUT2D eigenvalue weighted by Crippen LogP contribution is -2.44. The van der Waals surface area contributed by atoms with E-state index in [-0.39, 0.29) is 17.2 Å². The zero-order chi connectivity index (χ0) is 27.4. The summed E-state index contributed by atoms with van der Waals surface area (Å²) in [5.41, 5.74) is 5.31. The summed E-state index contributed by atoms with van der Waals surface area (Å²) in [5, 5.41) is 11.6. The molecular formula is C32H52O4Si. The number of phenolic OH excluding ortho intramolecular Hbond substituents is 1. The SMILES string of the molecule is C=C1CCCC/C(C)=C\CCCC2CCCC(O2)c2c(c(O)c(C)c(OC)c2O[Si](C)(C)C(C)(C)C)C1. The fourth-order valence-electron chi connectivity index (χ4n) is 5.40. The summed E-state index contributed by atoms with van der Waals surface area (Å²) in [6, 6.07) is 0. The molecule has 2 heterocycles. The summed E-state index contributed by atoms with van der Waals surface area (Å²) in [6.07, 6.45) is 14.0. The van der Waals surface area contributed by atoms with Gasteiger partial charge in [-0.05, 0) is 103 Å². The Morgan fingerprint density at radius 3 is 2.35 bits per heavy atom. The molecule has 0 radical (unpaired) electrons. The van der Waals surface area contributed by atoms with Crippen LogP contribution in [0.3, 0.4) is 0 Å². The van der Waals surface area contributed by atoms with Gasteiger partial charge < -0.3 is 19.0 Å². The van der Waals surface area contributed by atoms with Crippen molar-refractivity contribution in [2.75, 3.05) is 7.11 Å². The Morgan fingerprint density at radius 2 is 1.68 bits per heavy atom. The third-order valence-corrected chi connectivity index (χ3v) is 13.1. The van der Waals surface area contributed by atoms with Gasteiger partial charge in [-0.25, -0.2) is 0 Å². The van der Waals surface area contributed by atoms with Crippen molar-refractivity contribution < 1.29 is 19.0 Å². The number of phenols is 1. The molecule has 2 unspecified atom stereocenters. The number of ether oxygens (including phenoxy) is 2. The third kappa shape index (κ3) is 7.23. The Hall–Kier alpha value is -1.72. The van der Waals surface area contributed by atoms with E-state index in [4.69, 9.17) is 13.9 Å². The molecule has 2 aliphatic heterocycles. The van der Waals surface area contributed by atoms with Gasteiger partial charge in [-0.1, -0.05) is 44.6 Å². The fraction of sp³-hybridized carbons (Fsp3) is 0.688. The minimum atomic E-state index is -2.20. The Morgan fingerprint density at radius 1 is 1.00 bits per heavy atom. The molecule has 37 heavy (non-hydrogen) atoms. The summed E-state index contributed by atoms with van der Waals surface area (Å²) in [6.45, 7) is 20.0. The maximum absolute atomic E-state index is 11.5. The second kappa shape index (κ2) is 12.4. The van der Waals surface area contributed by atoms with E-state index in [2.05, 4.69) is 53.4 Å². The van der Waals surface area contributed by atoms with Gasteiger partial charge in [0.1, 0.15) is 5.75 Å². The summed E-state index contributed by atoms with van der Waals surface area (Å²) in [4.78, 5) is 0. The number of rotatable bonds is 3. The summed E-state index contributed by atoms with van der Waals surface area (Å²) in [5.74, 6) is 1.74. The van der Waals surface area contributed by atoms with Crippen LogP contribution in [-0.2, 0) is 11.2 Å². The normalized spacial score (nSPS) is 24.1. The first-order valence-electron chi connectivity index (χ1n) is 14.4. The minimum absolute atomic E-state index is 0.0280. The molecule has 2 aliphatic rings. The quantitative estimate of drug-likeness (QED) is 0.313. The van der Waals surface area contributed by atoms with Crippen LogP contribution in [0.4, 0.5) is 0 Å². The number of hydrogen-bond donors (Lipinski definition) is 1. The number of allylic oxidation sites excluding steroid dienone is 3. The maximum Gasteiger partial charge on any atom is 0.250 e. The molecule has 0 saturated carbocycles. The second-order valence-corrected chi connectivity index (χ2v) is 17.6. The molecule has 5 heteroatoms. The maximum atomic E-state index is 11.5. The van der Waals surface area contributed by atoms with Gasteiger partial charge in [-0.15, -0.1) is 0 Å². The van der Waals surface area contributed by atoms with Crippen molar-refractivity contribution in [2.24, 2.45) is 0 Å². The monoisotopic (exact) mass is 528 g/mol. The van der Waals surface area contributed by atoms with Crippen LogP contribution in [0.2, 0.25) is 18.1 Å². The highest BCUT2D eigenvalue weighted by atomic mass is 28.4. The molecule has 1 saturated heterocycles. The van der Waals surface area contributed by atoms with Gasteiger partial charge in [0.15, 0.2) is 11.5 Å². The Labute approximate surface area is 227 Å². The lowest BCUT2D eigenvalue weighted by atomic mass is 9.87. The van der Waals surface area contributed by atoms with Gasteiger partial charge in [-0.2, -0.15) is 0 Å². The van der Waals surface area contributed by atoms with Gasteiger partial charge in [0, 0.05) is 16.7 Å². The second-order valence-electron chi connectivity index (χ2n) is 12.9. The molecule has 4 nitrogen and oxygen atoms in total. The van der Waals surface area contributed by atoms with Crippen molar-refractivity contribution in [3.05, 3.63) is 40.5 Å². The van der Waals surface area contributed by atoms with Crippen LogP contribution in [-0.4, -0.2) is 26.6 Å². The zero-order valence-electron chi connectivity index (χ0n) is 24.9. The molecule has 0 aliphatic carbocycles. The molecule has 1 aromatic rings. The molecule has 1 fully saturated rings. The van der Waals surface area contributed by atoms with Crippen molar-refractivity contribution in [3.8, 4) is 17.2 Å². The van der Waals surface area contributed by atoms with Crippen LogP contribution >= 0.6 is 0 Å². The first-order valence-corrected chi connectivity index (χ1v) is 17.4. The highest BCUT2D eigenvalue weighted by Crippen LogP contribution is 2.52. The van der Waals surface area contributed by atoms with Gasteiger partial charge >= 0.3 is 0 Å². The molecule has 1 N–H and O–H groups in total. The number of methoxy groups -OCH3 is 1. The van der Waals surface area contributed by atoms with Crippen LogP contribution in [0.5, 0.6) is 17.2 Å². The molecule has 1 aromatic carbocycles. The molecule has 3 rings (SSSR count). The molecule has 0 aromatic heterocycles. The highest BCUT2D eigenvalue weighted by Gasteiger charge is 2.42. The number of hydrogen-bond acceptors (Lipinski definition) is 4. The Balaban J connectivity index is 2.15. The fourth-order valence-corrected chi connectivity index (χ4v) is 6.42. The summed E-state index contributed by atoms with van der Waals surface area (Å²) < 4.78 is 19.8. The minimum Gasteiger partial charge on any atom is -0.541 e. The predicted octanol–water partition coefficient (Wildman–Crippen LogP) is 9.49. The summed E-state index contributed by atoms with van der Waals surface area (Å²) in [7, 11) is -0.519. The number of fused-ring (bicyclic) bond motifs is 4. The van der Waals surface area contributed by atoms with Crippen molar-refractivity contribution in [1.29, 1.82) is 0 Å². The number of aromatic hydroxyl groups is 1. The van der Waals surface area contributed by atoms with Crippen molar-refractivity contribution >= 4 is 8.32 Å². The van der Waals surface area contributed by atoms with E-state index in [0.29, 0.717) is 17.9 Å². The first kappa shape index (κ1) is 29.8. The lowest BCUT2D eigenvalue weighted by Gasteiger charge is -2.40. The predicted molar refractivity (Wildman–Crippen MR) is 158 cm³/mol. The van der Waals surface area contributed by atoms with E-state index in [1.807, 2.05) is 6.92 Å². The average Bonchev–Trinajstić information content (AvgIpc) is 2.82. The molecular weight excluding hydrogens is 476 g/mol. The molecule has 2 atom stereocenters. The summed E-state index contributed by atoms with van der Waals surface area (Å²) >= 11 is 0. The van der Waals surface area contributed by atoms with Gasteiger partial charge in [-0.3, -0.25) is 0 Å². The van der Waals surface area contributed by atoms with E-state index in [0.717, 1.165) is 85.8 Å². The van der Waals surface area contributed by atoms with E-state index in [9.17, 15) is 5.11 Å². The smallest absolute Gasteiger partial charge is 0.250 e. The van der Waals surface area contributed by atoms with Gasteiger partial charge in [0.25, 0.3) is 8.32 Å². The van der Waals surface area contributed by atoms with E-state index < -0.39 is 8.32 Å². The van der Waals surface area contributed by atoms with Gasteiger partial charge in [0.05, 0.1) is 19.3 Å². The lowest BCUT2D eigenvalue weighted by molar-refractivity contribution is -0.0565. The number of benzene rings is 1. The molecule has 2 bridgehead atoms. The highest BCUT2D eigenvalue weighted by molar-refractivity contribution is 6.74. The van der Waals surface area contributed by atoms with Crippen LogP contribution in [0.25, 0.3) is 0 Å². The van der Waals surface area contributed by atoms with Crippen LogP contribution in [0, 0.1) is 6.92 Å². The Kier molecular flexibility index (Phi) is 10.0. The van der Waals surface area contributed by atoms with Crippen LogP contribution < -0.4 is 9.16 Å². The standard InChI is InChI=1S/C32H52O4Si/c1-22-15-10-11-17-23(2)21-26-28(27-20-14-19-25(35-27)18-13-12-16-22)31(30(34-7)24(3)29(26)33)36-37(8,9)32(4,5)6/h16,25,27,33H,2,10-15,17-21H2,1,3-9H3/b22-16-. The molecule has 208 valence electrons. The van der Waals surface area contributed by atoms with Crippen molar-refractivity contribution in [2.45, 2.75) is 136 Å². The third-order valence-electron chi connectivity index (χ3n) is 8.80. The van der Waals surface area contributed by atoms with Crippen LogP contribution in [0.1, 0.15) is 115 Å². The molecule has 0 spiro atoms. The Bertz CT molecular complexity index is 986. The average molecular weight is 529 g/mol.